The normalized spacial score (nSPS) is 18.6. The lowest BCUT2D eigenvalue weighted by atomic mass is 10.1. The van der Waals surface area contributed by atoms with Crippen LogP contribution in [0.2, 0.25) is 0 Å². The molecular formula is C14H21N3O. The molecule has 0 saturated carbocycles. The molecule has 2 rings (SSSR count). The van der Waals surface area contributed by atoms with Gasteiger partial charge in [-0.05, 0) is 17.5 Å². The van der Waals surface area contributed by atoms with Gasteiger partial charge in [0.25, 0.3) is 0 Å². The maximum absolute atomic E-state index is 5.81. The number of nitrogens with zero attached hydrogens (tertiary/aromatic N) is 1. The van der Waals surface area contributed by atoms with Crippen LogP contribution in [0, 0.1) is 5.92 Å². The van der Waals surface area contributed by atoms with E-state index in [2.05, 4.69) is 30.2 Å². The summed E-state index contributed by atoms with van der Waals surface area (Å²) < 4.78 is 5.81. The molecule has 0 aliphatic carbocycles. The third-order valence-electron chi connectivity index (χ3n) is 2.85. The first-order valence-electron chi connectivity index (χ1n) is 6.43. The third-order valence-corrected chi connectivity index (χ3v) is 2.85. The summed E-state index contributed by atoms with van der Waals surface area (Å²) in [4.78, 5) is 4.26. The zero-order valence-corrected chi connectivity index (χ0v) is 11.0. The minimum Gasteiger partial charge on any atom is -0.488 e. The number of nitrogens with one attached hydrogen (secondary N) is 1. The van der Waals surface area contributed by atoms with E-state index in [4.69, 9.17) is 10.5 Å². The molecule has 0 amide bonds. The van der Waals surface area contributed by atoms with Gasteiger partial charge in [-0.25, -0.2) is 0 Å². The van der Waals surface area contributed by atoms with Crippen molar-refractivity contribution < 1.29 is 4.74 Å². The number of guanidine groups is 1. The number of benzene rings is 1. The highest BCUT2D eigenvalue weighted by atomic mass is 16.5. The fourth-order valence-electron chi connectivity index (χ4n) is 1.92. The van der Waals surface area contributed by atoms with Crippen molar-refractivity contribution in [3.63, 3.8) is 0 Å². The van der Waals surface area contributed by atoms with E-state index in [0.717, 1.165) is 18.7 Å². The van der Waals surface area contributed by atoms with Gasteiger partial charge in [0.05, 0.1) is 6.54 Å². The van der Waals surface area contributed by atoms with Crippen LogP contribution in [0.3, 0.4) is 0 Å². The molecule has 1 aromatic carbocycles. The summed E-state index contributed by atoms with van der Waals surface area (Å²) in [6.07, 6.45) is 1.08. The first-order valence-corrected chi connectivity index (χ1v) is 6.43. The molecule has 0 fully saturated rings. The molecule has 1 heterocycles. The minimum absolute atomic E-state index is 0.148. The van der Waals surface area contributed by atoms with Gasteiger partial charge < -0.3 is 15.8 Å². The predicted molar refractivity (Wildman–Crippen MR) is 73.9 cm³/mol. The SMILES string of the molecule is CC(C)CN=C(N)NCC1Cc2ccccc2O1. The molecule has 0 radical (unpaired) electrons. The summed E-state index contributed by atoms with van der Waals surface area (Å²) in [6, 6.07) is 8.14. The van der Waals surface area contributed by atoms with E-state index in [1.165, 1.54) is 5.56 Å². The van der Waals surface area contributed by atoms with Crippen molar-refractivity contribution in [1.82, 2.24) is 5.32 Å². The van der Waals surface area contributed by atoms with E-state index in [9.17, 15) is 0 Å². The molecule has 1 aliphatic heterocycles. The van der Waals surface area contributed by atoms with Crippen LogP contribution in [-0.2, 0) is 6.42 Å². The number of hydrogen-bond acceptors (Lipinski definition) is 2. The van der Waals surface area contributed by atoms with Crippen LogP contribution in [0.15, 0.2) is 29.3 Å². The molecule has 98 valence electrons. The molecule has 4 heteroatoms. The minimum atomic E-state index is 0.148. The second-order valence-corrected chi connectivity index (χ2v) is 5.05. The molecule has 3 N–H and O–H groups in total. The van der Waals surface area contributed by atoms with Crippen LogP contribution in [-0.4, -0.2) is 25.2 Å². The average Bonchev–Trinajstić information content (AvgIpc) is 2.76. The van der Waals surface area contributed by atoms with Gasteiger partial charge in [-0.2, -0.15) is 0 Å². The van der Waals surface area contributed by atoms with Crippen molar-refractivity contribution in [1.29, 1.82) is 0 Å². The van der Waals surface area contributed by atoms with Crippen LogP contribution in [0.4, 0.5) is 0 Å². The highest BCUT2D eigenvalue weighted by molar-refractivity contribution is 5.77. The van der Waals surface area contributed by atoms with Crippen LogP contribution in [0.25, 0.3) is 0 Å². The smallest absolute Gasteiger partial charge is 0.188 e. The van der Waals surface area contributed by atoms with E-state index >= 15 is 0 Å². The van der Waals surface area contributed by atoms with Gasteiger partial charge in [-0.15, -0.1) is 0 Å². The van der Waals surface area contributed by atoms with Crippen molar-refractivity contribution in [2.75, 3.05) is 13.1 Å². The number of para-hydroxylation sites is 1. The lowest BCUT2D eigenvalue weighted by Gasteiger charge is -2.12. The second-order valence-electron chi connectivity index (χ2n) is 5.05. The summed E-state index contributed by atoms with van der Waals surface area (Å²) in [6.45, 7) is 5.69. The molecule has 1 atom stereocenters. The summed E-state index contributed by atoms with van der Waals surface area (Å²) in [5.41, 5.74) is 7.05. The molecule has 1 aromatic rings. The molecule has 4 nitrogen and oxygen atoms in total. The van der Waals surface area contributed by atoms with E-state index < -0.39 is 0 Å². The third kappa shape index (κ3) is 3.39. The first-order chi connectivity index (χ1) is 8.65. The molecule has 0 saturated heterocycles. The van der Waals surface area contributed by atoms with Gasteiger partial charge in [0.1, 0.15) is 11.9 Å². The summed E-state index contributed by atoms with van der Waals surface area (Å²) >= 11 is 0. The van der Waals surface area contributed by atoms with Crippen molar-refractivity contribution in [3.8, 4) is 5.75 Å². The lowest BCUT2D eigenvalue weighted by Crippen LogP contribution is -2.39. The molecule has 18 heavy (non-hydrogen) atoms. The van der Waals surface area contributed by atoms with Crippen molar-refractivity contribution >= 4 is 5.96 Å². The first kappa shape index (κ1) is 12.7. The van der Waals surface area contributed by atoms with Crippen LogP contribution in [0.1, 0.15) is 19.4 Å². The standard InChI is InChI=1S/C14H21N3O/c1-10(2)8-16-14(15)17-9-12-7-11-5-3-4-6-13(11)18-12/h3-6,10,12H,7-9H2,1-2H3,(H3,15,16,17). The Bertz CT molecular complexity index is 404. The molecule has 1 aliphatic rings. The second kappa shape index (κ2) is 5.76. The van der Waals surface area contributed by atoms with E-state index in [1.807, 2.05) is 18.2 Å². The van der Waals surface area contributed by atoms with Gasteiger partial charge in [0.2, 0.25) is 0 Å². The van der Waals surface area contributed by atoms with Gasteiger partial charge in [-0.1, -0.05) is 32.0 Å². The molecule has 0 spiro atoms. The number of hydrogen-bond donors (Lipinski definition) is 2. The number of ether oxygens (including phenoxy) is 1. The topological polar surface area (TPSA) is 59.6 Å². The Morgan fingerprint density at radius 3 is 3.00 bits per heavy atom. The number of aliphatic imine (C=N–C) groups is 1. The molecule has 1 unspecified atom stereocenters. The largest absolute Gasteiger partial charge is 0.488 e. The Hall–Kier alpha value is -1.71. The maximum Gasteiger partial charge on any atom is 0.188 e. The van der Waals surface area contributed by atoms with E-state index in [0.29, 0.717) is 18.4 Å². The average molecular weight is 247 g/mol. The zero-order valence-electron chi connectivity index (χ0n) is 11.0. The van der Waals surface area contributed by atoms with E-state index in [-0.39, 0.29) is 6.10 Å². The van der Waals surface area contributed by atoms with Gasteiger partial charge >= 0.3 is 0 Å². The molecular weight excluding hydrogens is 226 g/mol. The Balaban J connectivity index is 1.78. The predicted octanol–water partition coefficient (Wildman–Crippen LogP) is 1.55. The Kier molecular flexibility index (Phi) is 4.07. The summed E-state index contributed by atoms with van der Waals surface area (Å²) in [5.74, 6) is 2.02. The van der Waals surface area contributed by atoms with E-state index in [1.54, 1.807) is 0 Å². The van der Waals surface area contributed by atoms with Gasteiger partial charge in [-0.3, -0.25) is 4.99 Å². The van der Waals surface area contributed by atoms with Crippen molar-refractivity contribution in [2.24, 2.45) is 16.6 Å². The molecule has 0 aromatic heterocycles. The summed E-state index contributed by atoms with van der Waals surface area (Å²) in [7, 11) is 0. The fourth-order valence-corrected chi connectivity index (χ4v) is 1.92. The Labute approximate surface area is 108 Å². The maximum atomic E-state index is 5.81. The van der Waals surface area contributed by atoms with Gasteiger partial charge in [0.15, 0.2) is 5.96 Å². The monoisotopic (exact) mass is 247 g/mol. The van der Waals surface area contributed by atoms with Crippen molar-refractivity contribution in [3.05, 3.63) is 29.8 Å². The van der Waals surface area contributed by atoms with Crippen LogP contribution < -0.4 is 15.8 Å². The number of fused-ring (bicyclic) bond motifs is 1. The fraction of sp³-hybridized carbons (Fsp3) is 0.500. The molecule has 0 bridgehead atoms. The Morgan fingerprint density at radius 1 is 1.50 bits per heavy atom. The van der Waals surface area contributed by atoms with Gasteiger partial charge in [0, 0.05) is 13.0 Å². The zero-order chi connectivity index (χ0) is 13.0. The van der Waals surface area contributed by atoms with Crippen LogP contribution in [0.5, 0.6) is 5.75 Å². The van der Waals surface area contributed by atoms with Crippen molar-refractivity contribution in [2.45, 2.75) is 26.4 Å². The van der Waals surface area contributed by atoms with Crippen LogP contribution >= 0.6 is 0 Å². The number of nitrogens with two attached hydrogens (primary N) is 1. The highest BCUT2D eigenvalue weighted by Crippen LogP contribution is 2.27. The lowest BCUT2D eigenvalue weighted by molar-refractivity contribution is 0.235. The Morgan fingerprint density at radius 2 is 2.28 bits per heavy atom. The number of rotatable bonds is 4. The summed E-state index contributed by atoms with van der Waals surface area (Å²) in [5, 5.41) is 3.12. The highest BCUT2D eigenvalue weighted by Gasteiger charge is 2.21. The quantitative estimate of drug-likeness (QED) is 0.627.